The lowest BCUT2D eigenvalue weighted by Crippen LogP contribution is -2.48. The first-order valence-corrected chi connectivity index (χ1v) is 9.98. The minimum atomic E-state index is 0.0521. The molecule has 0 aromatic rings. The van der Waals surface area contributed by atoms with Crippen LogP contribution in [-0.4, -0.2) is 48.9 Å². The first kappa shape index (κ1) is 17.7. The molecule has 2 aliphatic carbocycles. The minimum Gasteiger partial charge on any atom is -0.347 e. The Kier molecular flexibility index (Phi) is 6.52. The third-order valence-corrected chi connectivity index (χ3v) is 5.88. The summed E-state index contributed by atoms with van der Waals surface area (Å²) in [4.78, 5) is 26.2. The number of nitrogens with one attached hydrogen (secondary N) is 2. The van der Waals surface area contributed by atoms with Gasteiger partial charge in [0, 0.05) is 25.6 Å². The molecule has 0 aromatic heterocycles. The number of piperidine rings is 1. The van der Waals surface area contributed by atoms with Gasteiger partial charge in [-0.2, -0.15) is 0 Å². The normalized spacial score (nSPS) is 23.2. The third kappa shape index (κ3) is 5.76. The van der Waals surface area contributed by atoms with Crippen molar-refractivity contribution in [2.45, 2.75) is 70.3 Å². The molecule has 3 aliphatic rings. The molecule has 0 spiro atoms. The van der Waals surface area contributed by atoms with Crippen LogP contribution in [0.4, 0.5) is 0 Å². The number of likely N-dealkylation sites (tertiary alicyclic amines) is 1. The molecule has 1 aliphatic heterocycles. The van der Waals surface area contributed by atoms with Crippen LogP contribution in [0, 0.1) is 11.8 Å². The van der Waals surface area contributed by atoms with E-state index < -0.39 is 0 Å². The van der Waals surface area contributed by atoms with E-state index in [2.05, 4.69) is 10.6 Å². The van der Waals surface area contributed by atoms with Crippen molar-refractivity contribution < 1.29 is 9.59 Å². The molecule has 2 N–H and O–H groups in total. The van der Waals surface area contributed by atoms with Crippen molar-refractivity contribution in [3.63, 3.8) is 0 Å². The number of carbonyl (C=O) groups excluding carboxylic acids is 2. The summed E-state index contributed by atoms with van der Waals surface area (Å²) in [6.45, 7) is 2.96. The van der Waals surface area contributed by atoms with Gasteiger partial charge in [-0.1, -0.05) is 19.3 Å². The molecule has 5 heteroatoms. The number of amides is 2. The first-order valence-electron chi connectivity index (χ1n) is 9.98. The fourth-order valence-electron chi connectivity index (χ4n) is 4.00. The number of hydrogen-bond acceptors (Lipinski definition) is 3. The Bertz CT molecular complexity index is 422. The highest BCUT2D eigenvalue weighted by molar-refractivity contribution is 5.84. The van der Waals surface area contributed by atoms with E-state index in [4.69, 9.17) is 0 Å². The molecule has 3 fully saturated rings. The van der Waals surface area contributed by atoms with E-state index >= 15 is 0 Å². The number of nitrogens with zero attached hydrogens (tertiary/aromatic N) is 1. The molecule has 0 aromatic carbocycles. The van der Waals surface area contributed by atoms with Crippen molar-refractivity contribution in [2.75, 3.05) is 26.2 Å². The lowest BCUT2D eigenvalue weighted by molar-refractivity contribution is -0.134. The quantitative estimate of drug-likeness (QED) is 0.749. The first-order chi connectivity index (χ1) is 11.7. The standard InChI is InChI=1S/C19H33N3O2/c23-18(12-15-4-2-1-3-5-15)21-14-19(24)22-10-8-17(9-11-22)20-13-16-6-7-16/h15-17,20H,1-14H2,(H,21,23). The zero-order valence-corrected chi connectivity index (χ0v) is 14.9. The van der Waals surface area contributed by atoms with Crippen LogP contribution >= 0.6 is 0 Å². The van der Waals surface area contributed by atoms with Gasteiger partial charge in [-0.15, -0.1) is 0 Å². The Hall–Kier alpha value is -1.10. The van der Waals surface area contributed by atoms with E-state index in [9.17, 15) is 9.59 Å². The maximum Gasteiger partial charge on any atom is 0.241 e. The average molecular weight is 335 g/mol. The molecule has 5 nitrogen and oxygen atoms in total. The second kappa shape index (κ2) is 8.84. The van der Waals surface area contributed by atoms with Gasteiger partial charge in [-0.25, -0.2) is 0 Å². The maximum atomic E-state index is 12.3. The Morgan fingerprint density at radius 1 is 0.875 bits per heavy atom. The van der Waals surface area contributed by atoms with E-state index in [0.29, 0.717) is 18.4 Å². The molecule has 2 saturated carbocycles. The summed E-state index contributed by atoms with van der Waals surface area (Å²) in [6, 6.07) is 0.565. The summed E-state index contributed by atoms with van der Waals surface area (Å²) in [6.07, 6.45) is 11.6. The number of carbonyl (C=O) groups is 2. The summed E-state index contributed by atoms with van der Waals surface area (Å²) in [5, 5.41) is 6.47. The molecule has 0 radical (unpaired) electrons. The molecule has 2 amide bonds. The van der Waals surface area contributed by atoms with Crippen molar-refractivity contribution in [2.24, 2.45) is 11.8 Å². The van der Waals surface area contributed by atoms with Gasteiger partial charge in [0.25, 0.3) is 0 Å². The molecular weight excluding hydrogens is 302 g/mol. The van der Waals surface area contributed by atoms with Gasteiger partial charge in [0.05, 0.1) is 6.54 Å². The van der Waals surface area contributed by atoms with Gasteiger partial charge in [-0.05, 0) is 56.9 Å². The molecule has 0 atom stereocenters. The molecule has 24 heavy (non-hydrogen) atoms. The van der Waals surface area contributed by atoms with E-state index in [1.807, 2.05) is 4.90 Å². The van der Waals surface area contributed by atoms with E-state index in [1.54, 1.807) is 0 Å². The predicted octanol–water partition coefficient (Wildman–Crippen LogP) is 2.06. The van der Waals surface area contributed by atoms with Crippen LogP contribution in [0.1, 0.15) is 64.2 Å². The zero-order valence-electron chi connectivity index (χ0n) is 14.9. The van der Waals surface area contributed by atoms with Gasteiger partial charge in [0.2, 0.25) is 11.8 Å². The van der Waals surface area contributed by atoms with Crippen LogP contribution in [0.25, 0.3) is 0 Å². The van der Waals surface area contributed by atoms with E-state index in [0.717, 1.165) is 38.4 Å². The monoisotopic (exact) mass is 335 g/mol. The zero-order chi connectivity index (χ0) is 16.8. The van der Waals surface area contributed by atoms with Gasteiger partial charge in [0.1, 0.15) is 0 Å². The van der Waals surface area contributed by atoms with Crippen molar-refractivity contribution >= 4 is 11.8 Å². The Morgan fingerprint density at radius 2 is 1.58 bits per heavy atom. The van der Waals surface area contributed by atoms with Gasteiger partial charge >= 0.3 is 0 Å². The Balaban J connectivity index is 1.28. The van der Waals surface area contributed by atoms with Gasteiger partial charge in [-0.3, -0.25) is 9.59 Å². The smallest absolute Gasteiger partial charge is 0.241 e. The number of hydrogen-bond donors (Lipinski definition) is 2. The topological polar surface area (TPSA) is 61.4 Å². The van der Waals surface area contributed by atoms with Gasteiger partial charge in [0.15, 0.2) is 0 Å². The van der Waals surface area contributed by atoms with Crippen molar-refractivity contribution in [3.8, 4) is 0 Å². The Morgan fingerprint density at radius 3 is 2.25 bits per heavy atom. The van der Waals surface area contributed by atoms with Crippen molar-refractivity contribution in [3.05, 3.63) is 0 Å². The second-order valence-corrected chi connectivity index (χ2v) is 7.99. The fourth-order valence-corrected chi connectivity index (χ4v) is 4.00. The molecule has 1 heterocycles. The van der Waals surface area contributed by atoms with Crippen molar-refractivity contribution in [1.29, 1.82) is 0 Å². The second-order valence-electron chi connectivity index (χ2n) is 7.99. The molecular formula is C19H33N3O2. The summed E-state index contributed by atoms with van der Waals surface area (Å²) < 4.78 is 0. The molecule has 0 bridgehead atoms. The highest BCUT2D eigenvalue weighted by atomic mass is 16.2. The van der Waals surface area contributed by atoms with E-state index in [1.165, 1.54) is 44.9 Å². The van der Waals surface area contributed by atoms with Crippen LogP contribution in [0.3, 0.4) is 0 Å². The summed E-state index contributed by atoms with van der Waals surface area (Å²) in [7, 11) is 0. The summed E-state index contributed by atoms with van der Waals surface area (Å²) in [5.74, 6) is 1.56. The van der Waals surface area contributed by atoms with Crippen LogP contribution in [0.2, 0.25) is 0 Å². The molecule has 136 valence electrons. The minimum absolute atomic E-state index is 0.0521. The third-order valence-electron chi connectivity index (χ3n) is 5.88. The van der Waals surface area contributed by atoms with Crippen LogP contribution < -0.4 is 10.6 Å². The maximum absolute atomic E-state index is 12.3. The lowest BCUT2D eigenvalue weighted by atomic mass is 9.87. The van der Waals surface area contributed by atoms with Gasteiger partial charge < -0.3 is 15.5 Å². The number of rotatable bonds is 7. The summed E-state index contributed by atoms with van der Waals surface area (Å²) in [5.41, 5.74) is 0. The predicted molar refractivity (Wildman–Crippen MR) is 94.5 cm³/mol. The van der Waals surface area contributed by atoms with Crippen LogP contribution in [-0.2, 0) is 9.59 Å². The SMILES string of the molecule is O=C(CC1CCCCC1)NCC(=O)N1CCC(NCC2CC2)CC1. The van der Waals surface area contributed by atoms with Crippen molar-refractivity contribution in [1.82, 2.24) is 15.5 Å². The molecule has 1 saturated heterocycles. The largest absolute Gasteiger partial charge is 0.347 e. The fraction of sp³-hybridized carbons (Fsp3) is 0.895. The highest BCUT2D eigenvalue weighted by Crippen LogP contribution is 2.28. The molecule has 3 rings (SSSR count). The van der Waals surface area contributed by atoms with E-state index in [-0.39, 0.29) is 18.4 Å². The molecule has 0 unspecified atom stereocenters. The average Bonchev–Trinajstić information content (AvgIpc) is 3.44. The summed E-state index contributed by atoms with van der Waals surface area (Å²) >= 11 is 0. The lowest BCUT2D eigenvalue weighted by Gasteiger charge is -2.32. The highest BCUT2D eigenvalue weighted by Gasteiger charge is 2.26. The Labute approximate surface area is 145 Å². The van der Waals surface area contributed by atoms with Crippen LogP contribution in [0.5, 0.6) is 0 Å². The van der Waals surface area contributed by atoms with Crippen LogP contribution in [0.15, 0.2) is 0 Å².